The Hall–Kier alpha value is -1.88. The molecule has 0 fully saturated rings. The summed E-state index contributed by atoms with van der Waals surface area (Å²) < 4.78 is 51.6. The second kappa shape index (κ2) is 5.85. The van der Waals surface area contributed by atoms with Gasteiger partial charge in [-0.15, -0.1) is 0 Å². The van der Waals surface area contributed by atoms with Crippen LogP contribution in [0.25, 0.3) is 0 Å². The lowest BCUT2D eigenvalue weighted by atomic mass is 9.94. The van der Waals surface area contributed by atoms with Crippen LogP contribution in [0.1, 0.15) is 28.3 Å². The SMILES string of the molecule is CNC(c1cccc(C(F)(F)F)c1)c1ccc(F)cc1C. The van der Waals surface area contributed by atoms with E-state index in [0.717, 1.165) is 17.7 Å². The van der Waals surface area contributed by atoms with Crippen LogP contribution in [0.2, 0.25) is 0 Å². The van der Waals surface area contributed by atoms with E-state index in [4.69, 9.17) is 0 Å². The van der Waals surface area contributed by atoms with Crippen molar-refractivity contribution in [3.8, 4) is 0 Å². The molecule has 0 radical (unpaired) electrons. The second-order valence-electron chi connectivity index (χ2n) is 4.85. The fourth-order valence-electron chi connectivity index (χ4n) is 2.36. The molecule has 5 heteroatoms. The predicted octanol–water partition coefficient (Wildman–Crippen LogP) is 4.46. The van der Waals surface area contributed by atoms with Crippen LogP contribution in [0.4, 0.5) is 17.6 Å². The fourth-order valence-corrected chi connectivity index (χ4v) is 2.36. The molecule has 0 saturated heterocycles. The molecule has 21 heavy (non-hydrogen) atoms. The Morgan fingerprint density at radius 3 is 2.33 bits per heavy atom. The van der Waals surface area contributed by atoms with Crippen LogP contribution in [0.3, 0.4) is 0 Å². The Morgan fingerprint density at radius 2 is 1.76 bits per heavy atom. The molecule has 1 nitrogen and oxygen atoms in total. The molecule has 112 valence electrons. The minimum absolute atomic E-state index is 0.366. The van der Waals surface area contributed by atoms with Gasteiger partial charge in [0.2, 0.25) is 0 Å². The number of rotatable bonds is 3. The van der Waals surface area contributed by atoms with Crippen LogP contribution >= 0.6 is 0 Å². The van der Waals surface area contributed by atoms with E-state index in [9.17, 15) is 17.6 Å². The Morgan fingerprint density at radius 1 is 1.05 bits per heavy atom. The number of benzene rings is 2. The van der Waals surface area contributed by atoms with Gasteiger partial charge in [-0.05, 0) is 54.9 Å². The summed E-state index contributed by atoms with van der Waals surface area (Å²) in [5, 5.41) is 2.98. The van der Waals surface area contributed by atoms with Crippen LogP contribution in [0.15, 0.2) is 42.5 Å². The third kappa shape index (κ3) is 3.42. The molecule has 1 atom stereocenters. The van der Waals surface area contributed by atoms with Gasteiger partial charge < -0.3 is 5.32 Å². The molecule has 0 aromatic heterocycles. The number of hydrogen-bond acceptors (Lipinski definition) is 1. The van der Waals surface area contributed by atoms with Gasteiger partial charge in [-0.25, -0.2) is 4.39 Å². The van der Waals surface area contributed by atoms with Crippen LogP contribution in [-0.2, 0) is 6.18 Å². The minimum Gasteiger partial charge on any atom is -0.309 e. The molecule has 0 aliphatic heterocycles. The second-order valence-corrected chi connectivity index (χ2v) is 4.85. The molecule has 0 saturated carbocycles. The van der Waals surface area contributed by atoms with Crippen molar-refractivity contribution in [3.05, 3.63) is 70.5 Å². The summed E-state index contributed by atoms with van der Waals surface area (Å²) in [6.07, 6.45) is -4.38. The fraction of sp³-hybridized carbons (Fsp3) is 0.250. The number of nitrogens with one attached hydrogen (secondary N) is 1. The number of alkyl halides is 3. The van der Waals surface area contributed by atoms with E-state index < -0.39 is 17.8 Å². The molecule has 0 bridgehead atoms. The van der Waals surface area contributed by atoms with Crippen LogP contribution in [0, 0.1) is 12.7 Å². The van der Waals surface area contributed by atoms with E-state index in [-0.39, 0.29) is 5.82 Å². The average Bonchev–Trinajstić information content (AvgIpc) is 2.41. The van der Waals surface area contributed by atoms with E-state index in [1.54, 1.807) is 26.1 Å². The van der Waals surface area contributed by atoms with Crippen molar-refractivity contribution in [3.63, 3.8) is 0 Å². The molecular weight excluding hydrogens is 282 g/mol. The predicted molar refractivity (Wildman–Crippen MR) is 73.5 cm³/mol. The summed E-state index contributed by atoms with van der Waals surface area (Å²) >= 11 is 0. The van der Waals surface area contributed by atoms with E-state index in [1.165, 1.54) is 18.2 Å². The first kappa shape index (κ1) is 15.5. The third-order valence-electron chi connectivity index (χ3n) is 3.38. The van der Waals surface area contributed by atoms with Gasteiger partial charge in [0.05, 0.1) is 11.6 Å². The zero-order valence-electron chi connectivity index (χ0n) is 11.6. The summed E-state index contributed by atoms with van der Waals surface area (Å²) in [4.78, 5) is 0. The lowest BCUT2D eigenvalue weighted by molar-refractivity contribution is -0.137. The molecule has 0 heterocycles. The first-order valence-corrected chi connectivity index (χ1v) is 6.43. The van der Waals surface area contributed by atoms with Gasteiger partial charge in [0.15, 0.2) is 0 Å². The van der Waals surface area contributed by atoms with Gasteiger partial charge in [0.1, 0.15) is 5.82 Å². The van der Waals surface area contributed by atoms with Crippen molar-refractivity contribution in [2.75, 3.05) is 7.05 Å². The van der Waals surface area contributed by atoms with Gasteiger partial charge in [-0.2, -0.15) is 13.2 Å². The Balaban J connectivity index is 2.47. The van der Waals surface area contributed by atoms with E-state index in [1.807, 2.05) is 0 Å². The summed E-state index contributed by atoms with van der Waals surface area (Å²) in [5.41, 5.74) is 1.23. The smallest absolute Gasteiger partial charge is 0.309 e. The average molecular weight is 297 g/mol. The molecular formula is C16H15F4N. The molecule has 2 aromatic rings. The summed E-state index contributed by atoms with van der Waals surface area (Å²) in [6, 6.07) is 8.99. The van der Waals surface area contributed by atoms with Crippen molar-refractivity contribution in [1.29, 1.82) is 0 Å². The quantitative estimate of drug-likeness (QED) is 0.825. The highest BCUT2D eigenvalue weighted by Crippen LogP contribution is 2.32. The van der Waals surface area contributed by atoms with E-state index in [0.29, 0.717) is 11.1 Å². The molecule has 1 N–H and O–H groups in total. The normalized spacial score (nSPS) is 13.2. The number of aryl methyl sites for hydroxylation is 1. The van der Waals surface area contributed by atoms with Gasteiger partial charge in [-0.3, -0.25) is 0 Å². The third-order valence-corrected chi connectivity index (χ3v) is 3.38. The van der Waals surface area contributed by atoms with Crippen molar-refractivity contribution in [1.82, 2.24) is 5.32 Å². The number of halogens is 4. The molecule has 2 aromatic carbocycles. The lowest BCUT2D eigenvalue weighted by Gasteiger charge is -2.20. The maximum absolute atomic E-state index is 13.2. The molecule has 1 unspecified atom stereocenters. The first-order chi connectivity index (χ1) is 9.82. The largest absolute Gasteiger partial charge is 0.416 e. The Bertz CT molecular complexity index is 634. The summed E-state index contributed by atoms with van der Waals surface area (Å²) in [7, 11) is 1.66. The van der Waals surface area contributed by atoms with E-state index >= 15 is 0 Å². The highest BCUT2D eigenvalue weighted by Gasteiger charge is 2.31. The maximum Gasteiger partial charge on any atom is 0.416 e. The molecule has 0 spiro atoms. The number of hydrogen-bond donors (Lipinski definition) is 1. The van der Waals surface area contributed by atoms with Crippen molar-refractivity contribution >= 4 is 0 Å². The van der Waals surface area contributed by atoms with Crippen molar-refractivity contribution < 1.29 is 17.6 Å². The Labute approximate surface area is 120 Å². The van der Waals surface area contributed by atoms with E-state index in [2.05, 4.69) is 5.32 Å². The highest BCUT2D eigenvalue weighted by molar-refractivity contribution is 5.39. The maximum atomic E-state index is 13.2. The monoisotopic (exact) mass is 297 g/mol. The molecule has 0 aliphatic carbocycles. The van der Waals surface area contributed by atoms with Crippen molar-refractivity contribution in [2.45, 2.75) is 19.1 Å². The zero-order valence-corrected chi connectivity index (χ0v) is 11.6. The lowest BCUT2D eigenvalue weighted by Crippen LogP contribution is -2.19. The molecule has 0 aliphatic rings. The van der Waals surface area contributed by atoms with Gasteiger partial charge in [-0.1, -0.05) is 18.2 Å². The summed E-state index contributed by atoms with van der Waals surface area (Å²) in [5.74, 6) is -0.366. The van der Waals surface area contributed by atoms with Gasteiger partial charge >= 0.3 is 6.18 Å². The molecule has 0 amide bonds. The first-order valence-electron chi connectivity index (χ1n) is 6.43. The van der Waals surface area contributed by atoms with Crippen LogP contribution in [-0.4, -0.2) is 7.05 Å². The van der Waals surface area contributed by atoms with Crippen LogP contribution in [0.5, 0.6) is 0 Å². The minimum atomic E-state index is -4.38. The van der Waals surface area contributed by atoms with Gasteiger partial charge in [0, 0.05) is 0 Å². The summed E-state index contributed by atoms with van der Waals surface area (Å²) in [6.45, 7) is 1.73. The molecule has 2 rings (SSSR count). The highest BCUT2D eigenvalue weighted by atomic mass is 19.4. The standard InChI is InChI=1S/C16H15F4N/c1-10-8-13(17)6-7-14(10)15(21-2)11-4-3-5-12(9-11)16(18,19)20/h3-9,15,21H,1-2H3. The zero-order chi connectivity index (χ0) is 15.6. The van der Waals surface area contributed by atoms with Crippen LogP contribution < -0.4 is 5.32 Å². The topological polar surface area (TPSA) is 12.0 Å². The van der Waals surface area contributed by atoms with Crippen molar-refractivity contribution in [2.24, 2.45) is 0 Å². The Kier molecular flexibility index (Phi) is 4.32. The van der Waals surface area contributed by atoms with Gasteiger partial charge in [0.25, 0.3) is 0 Å².